The summed E-state index contributed by atoms with van der Waals surface area (Å²) in [6.07, 6.45) is 2.96. The topological polar surface area (TPSA) is 94.1 Å². The van der Waals surface area contributed by atoms with Crippen LogP contribution in [0.3, 0.4) is 0 Å². The summed E-state index contributed by atoms with van der Waals surface area (Å²) in [4.78, 5) is 29.9. The van der Waals surface area contributed by atoms with Crippen molar-refractivity contribution < 1.29 is 9.59 Å². The van der Waals surface area contributed by atoms with Crippen molar-refractivity contribution in [3.8, 4) is 11.4 Å². The fourth-order valence-electron chi connectivity index (χ4n) is 3.07. The van der Waals surface area contributed by atoms with Crippen LogP contribution in [0.2, 0.25) is 0 Å². The van der Waals surface area contributed by atoms with E-state index in [1.165, 1.54) is 6.33 Å². The Labute approximate surface area is 140 Å². The van der Waals surface area contributed by atoms with Gasteiger partial charge in [0.2, 0.25) is 5.91 Å². The minimum absolute atomic E-state index is 0.159. The highest BCUT2D eigenvalue weighted by Gasteiger charge is 2.33. The van der Waals surface area contributed by atoms with Gasteiger partial charge >= 0.3 is 0 Å². The zero-order chi connectivity index (χ0) is 17.3. The van der Waals surface area contributed by atoms with Gasteiger partial charge in [0.15, 0.2) is 5.82 Å². The van der Waals surface area contributed by atoms with Gasteiger partial charge in [-0.1, -0.05) is 12.1 Å². The van der Waals surface area contributed by atoms with Gasteiger partial charge in [0, 0.05) is 23.7 Å². The van der Waals surface area contributed by atoms with Crippen LogP contribution < -0.4 is 5.73 Å². The van der Waals surface area contributed by atoms with Gasteiger partial charge in [-0.3, -0.25) is 9.59 Å². The van der Waals surface area contributed by atoms with E-state index in [9.17, 15) is 9.59 Å². The smallest absolute Gasteiger partial charge is 0.254 e. The van der Waals surface area contributed by atoms with Gasteiger partial charge in [-0.05, 0) is 38.8 Å². The average Bonchev–Trinajstić information content (AvgIpc) is 3.23. The molecule has 0 aliphatic carbocycles. The summed E-state index contributed by atoms with van der Waals surface area (Å²) < 4.78 is 1.83. The fraction of sp³-hybridized carbons (Fsp3) is 0.412. The summed E-state index contributed by atoms with van der Waals surface area (Å²) >= 11 is 0. The van der Waals surface area contributed by atoms with Crippen molar-refractivity contribution in [3.05, 3.63) is 36.2 Å². The van der Waals surface area contributed by atoms with Crippen molar-refractivity contribution in [3.63, 3.8) is 0 Å². The average molecular weight is 327 g/mol. The second-order valence-corrected chi connectivity index (χ2v) is 6.26. The number of aromatic nitrogens is 3. The summed E-state index contributed by atoms with van der Waals surface area (Å²) in [6, 6.07) is 6.92. The van der Waals surface area contributed by atoms with Crippen molar-refractivity contribution in [2.75, 3.05) is 6.54 Å². The predicted octanol–water partition coefficient (Wildman–Crippen LogP) is 1.62. The second-order valence-electron chi connectivity index (χ2n) is 6.26. The van der Waals surface area contributed by atoms with Gasteiger partial charge in [-0.2, -0.15) is 5.10 Å². The number of likely N-dealkylation sites (tertiary alicyclic amines) is 1. The van der Waals surface area contributed by atoms with Crippen LogP contribution in [0, 0.1) is 0 Å². The molecule has 1 aliphatic heterocycles. The van der Waals surface area contributed by atoms with E-state index in [2.05, 4.69) is 10.1 Å². The second kappa shape index (κ2) is 6.43. The van der Waals surface area contributed by atoms with Crippen molar-refractivity contribution in [2.45, 2.75) is 38.8 Å². The van der Waals surface area contributed by atoms with Crippen LogP contribution in [0.4, 0.5) is 0 Å². The molecule has 2 aromatic rings. The lowest BCUT2D eigenvalue weighted by Crippen LogP contribution is -2.43. The summed E-state index contributed by atoms with van der Waals surface area (Å²) in [7, 11) is 0. The molecule has 0 unspecified atom stereocenters. The first-order chi connectivity index (χ1) is 11.5. The molecule has 1 saturated heterocycles. The molecule has 1 fully saturated rings. The normalized spacial score (nSPS) is 17.5. The van der Waals surface area contributed by atoms with E-state index in [-0.39, 0.29) is 11.9 Å². The molecule has 2 amide bonds. The Morgan fingerprint density at radius 3 is 2.58 bits per heavy atom. The van der Waals surface area contributed by atoms with Gasteiger partial charge in [0.05, 0.1) is 0 Å². The van der Waals surface area contributed by atoms with Gasteiger partial charge in [0.25, 0.3) is 5.91 Å². The number of primary amides is 1. The Hall–Kier alpha value is -2.70. The minimum Gasteiger partial charge on any atom is -0.368 e. The first-order valence-electron chi connectivity index (χ1n) is 8.09. The molecule has 7 nitrogen and oxygen atoms in total. The van der Waals surface area contributed by atoms with Crippen LogP contribution in [-0.4, -0.2) is 44.1 Å². The molecule has 2 N–H and O–H groups in total. The zero-order valence-corrected chi connectivity index (χ0v) is 13.8. The van der Waals surface area contributed by atoms with Gasteiger partial charge < -0.3 is 10.6 Å². The maximum atomic E-state index is 12.6. The Morgan fingerprint density at radius 1 is 1.25 bits per heavy atom. The monoisotopic (exact) mass is 327 g/mol. The Morgan fingerprint density at radius 2 is 1.96 bits per heavy atom. The van der Waals surface area contributed by atoms with E-state index in [4.69, 9.17) is 5.73 Å². The highest BCUT2D eigenvalue weighted by atomic mass is 16.2. The molecule has 126 valence electrons. The van der Waals surface area contributed by atoms with E-state index >= 15 is 0 Å². The van der Waals surface area contributed by atoms with E-state index < -0.39 is 11.9 Å². The Balaban J connectivity index is 1.83. The molecule has 0 spiro atoms. The summed E-state index contributed by atoms with van der Waals surface area (Å²) in [5, 5.41) is 4.22. The number of benzene rings is 1. The molecular weight excluding hydrogens is 306 g/mol. The highest BCUT2D eigenvalue weighted by molar-refractivity contribution is 5.98. The number of hydrogen-bond donors (Lipinski definition) is 1. The van der Waals surface area contributed by atoms with Crippen LogP contribution in [0.1, 0.15) is 43.1 Å². The van der Waals surface area contributed by atoms with Gasteiger partial charge in [-0.25, -0.2) is 9.67 Å². The van der Waals surface area contributed by atoms with Crippen molar-refractivity contribution in [1.82, 2.24) is 19.7 Å². The molecule has 7 heteroatoms. The quantitative estimate of drug-likeness (QED) is 0.923. The minimum atomic E-state index is -0.499. The van der Waals surface area contributed by atoms with E-state index in [0.717, 1.165) is 17.8 Å². The Bertz CT molecular complexity index is 751. The van der Waals surface area contributed by atoms with Crippen molar-refractivity contribution >= 4 is 11.8 Å². The molecule has 0 saturated carbocycles. The SMILES string of the molecule is CC(C)n1ncnc1-c1ccc(C(=O)N2CCC[C@H]2C(N)=O)cc1. The third-order valence-corrected chi connectivity index (χ3v) is 4.29. The maximum Gasteiger partial charge on any atom is 0.254 e. The third kappa shape index (κ3) is 2.89. The zero-order valence-electron chi connectivity index (χ0n) is 13.8. The summed E-state index contributed by atoms with van der Waals surface area (Å²) in [6.45, 7) is 4.64. The first kappa shape index (κ1) is 16.2. The van der Waals surface area contributed by atoms with E-state index in [1.54, 1.807) is 17.0 Å². The van der Waals surface area contributed by atoms with Crippen LogP contribution >= 0.6 is 0 Å². The van der Waals surface area contributed by atoms with Crippen LogP contribution in [0.15, 0.2) is 30.6 Å². The lowest BCUT2D eigenvalue weighted by molar-refractivity contribution is -0.121. The largest absolute Gasteiger partial charge is 0.368 e. The molecular formula is C17H21N5O2. The number of hydrogen-bond acceptors (Lipinski definition) is 4. The first-order valence-corrected chi connectivity index (χ1v) is 8.09. The lowest BCUT2D eigenvalue weighted by atomic mass is 10.1. The summed E-state index contributed by atoms with van der Waals surface area (Å²) in [5.41, 5.74) is 6.82. The number of rotatable bonds is 4. The molecule has 2 heterocycles. The standard InChI is InChI=1S/C17H21N5O2/c1-11(2)22-16(19-10-20-22)12-5-7-13(8-6-12)17(24)21-9-3-4-14(21)15(18)23/h5-8,10-11,14H,3-4,9H2,1-2H3,(H2,18,23)/t14-/m0/s1. The third-order valence-electron chi connectivity index (χ3n) is 4.29. The molecule has 1 aliphatic rings. The number of nitrogens with two attached hydrogens (primary N) is 1. The van der Waals surface area contributed by atoms with E-state index in [1.807, 2.05) is 30.7 Å². The fourth-order valence-corrected chi connectivity index (χ4v) is 3.07. The van der Waals surface area contributed by atoms with Crippen LogP contribution in [0.25, 0.3) is 11.4 Å². The van der Waals surface area contributed by atoms with Crippen LogP contribution in [-0.2, 0) is 4.79 Å². The van der Waals surface area contributed by atoms with E-state index in [0.29, 0.717) is 18.5 Å². The number of nitrogens with zero attached hydrogens (tertiary/aromatic N) is 4. The molecule has 1 aromatic carbocycles. The lowest BCUT2D eigenvalue weighted by Gasteiger charge is -2.22. The Kier molecular flexibility index (Phi) is 4.33. The van der Waals surface area contributed by atoms with Crippen molar-refractivity contribution in [1.29, 1.82) is 0 Å². The predicted molar refractivity (Wildman–Crippen MR) is 89.1 cm³/mol. The van der Waals surface area contributed by atoms with Crippen molar-refractivity contribution in [2.24, 2.45) is 5.73 Å². The number of carbonyl (C=O) groups excluding carboxylic acids is 2. The number of amides is 2. The molecule has 24 heavy (non-hydrogen) atoms. The molecule has 1 aromatic heterocycles. The molecule has 0 radical (unpaired) electrons. The maximum absolute atomic E-state index is 12.6. The molecule has 1 atom stereocenters. The number of carbonyl (C=O) groups is 2. The van der Waals surface area contributed by atoms with Gasteiger partial charge in [-0.15, -0.1) is 0 Å². The molecule has 3 rings (SSSR count). The van der Waals surface area contributed by atoms with Crippen LogP contribution in [0.5, 0.6) is 0 Å². The van der Waals surface area contributed by atoms with Gasteiger partial charge in [0.1, 0.15) is 12.4 Å². The molecule has 0 bridgehead atoms. The highest BCUT2D eigenvalue weighted by Crippen LogP contribution is 2.23. The summed E-state index contributed by atoms with van der Waals surface area (Å²) in [5.74, 6) is 0.163.